The molecule has 0 fully saturated rings. The van der Waals surface area contributed by atoms with Crippen LogP contribution in [0.5, 0.6) is 5.75 Å². The van der Waals surface area contributed by atoms with E-state index in [1.807, 2.05) is 59.2 Å². The summed E-state index contributed by atoms with van der Waals surface area (Å²) >= 11 is 1.26. The van der Waals surface area contributed by atoms with E-state index in [1.54, 1.807) is 19.2 Å². The minimum absolute atomic E-state index is 0.101. The van der Waals surface area contributed by atoms with Gasteiger partial charge < -0.3 is 10.1 Å². The summed E-state index contributed by atoms with van der Waals surface area (Å²) in [6, 6.07) is 23.0. The molecular formula is C23H19FN4O2S. The topological polar surface area (TPSA) is 69.0 Å². The van der Waals surface area contributed by atoms with E-state index < -0.39 is 5.82 Å². The van der Waals surface area contributed by atoms with E-state index in [2.05, 4.69) is 15.5 Å². The van der Waals surface area contributed by atoms with E-state index in [9.17, 15) is 9.18 Å². The van der Waals surface area contributed by atoms with Crippen LogP contribution < -0.4 is 10.1 Å². The molecule has 4 aromatic rings. The lowest BCUT2D eigenvalue weighted by Crippen LogP contribution is -2.14. The van der Waals surface area contributed by atoms with Crippen molar-refractivity contribution in [1.82, 2.24) is 14.8 Å². The quantitative estimate of drug-likeness (QED) is 0.423. The lowest BCUT2D eigenvalue weighted by atomic mass is 10.2. The van der Waals surface area contributed by atoms with Crippen LogP contribution in [0.25, 0.3) is 17.1 Å². The summed E-state index contributed by atoms with van der Waals surface area (Å²) in [7, 11) is 1.62. The molecule has 0 bridgehead atoms. The monoisotopic (exact) mass is 434 g/mol. The molecular weight excluding hydrogens is 415 g/mol. The van der Waals surface area contributed by atoms with Crippen LogP contribution >= 0.6 is 11.8 Å². The van der Waals surface area contributed by atoms with E-state index in [0.29, 0.717) is 16.7 Å². The number of rotatable bonds is 7. The number of amides is 1. The molecule has 156 valence electrons. The summed E-state index contributed by atoms with van der Waals surface area (Å²) in [6.45, 7) is 0. The Morgan fingerprint density at radius 1 is 1.03 bits per heavy atom. The van der Waals surface area contributed by atoms with E-state index in [0.717, 1.165) is 17.0 Å². The number of ether oxygens (including phenoxy) is 1. The second kappa shape index (κ2) is 9.44. The van der Waals surface area contributed by atoms with Crippen molar-refractivity contribution >= 4 is 23.4 Å². The van der Waals surface area contributed by atoms with Crippen LogP contribution in [0.3, 0.4) is 0 Å². The summed E-state index contributed by atoms with van der Waals surface area (Å²) in [5.41, 5.74) is 2.16. The smallest absolute Gasteiger partial charge is 0.234 e. The van der Waals surface area contributed by atoms with Gasteiger partial charge in [0.15, 0.2) is 11.0 Å². The predicted molar refractivity (Wildman–Crippen MR) is 119 cm³/mol. The Morgan fingerprint density at radius 2 is 1.81 bits per heavy atom. The number of para-hydroxylation sites is 1. The first-order valence-electron chi connectivity index (χ1n) is 9.47. The average Bonchev–Trinajstić information content (AvgIpc) is 3.22. The molecule has 0 atom stereocenters. The molecule has 0 aliphatic carbocycles. The van der Waals surface area contributed by atoms with Crippen molar-refractivity contribution in [2.45, 2.75) is 5.16 Å². The Labute approximate surface area is 183 Å². The average molecular weight is 434 g/mol. The highest BCUT2D eigenvalue weighted by Gasteiger charge is 2.17. The predicted octanol–water partition coefficient (Wildman–Crippen LogP) is 4.81. The number of nitrogens with one attached hydrogen (secondary N) is 1. The maximum absolute atomic E-state index is 13.3. The van der Waals surface area contributed by atoms with Gasteiger partial charge in [-0.15, -0.1) is 10.2 Å². The van der Waals surface area contributed by atoms with Crippen LogP contribution in [0, 0.1) is 5.82 Å². The number of aromatic nitrogens is 3. The molecule has 0 aliphatic heterocycles. The van der Waals surface area contributed by atoms with Crippen molar-refractivity contribution in [3.05, 3.63) is 84.7 Å². The minimum Gasteiger partial charge on any atom is -0.497 e. The largest absolute Gasteiger partial charge is 0.497 e. The third-order valence-corrected chi connectivity index (χ3v) is 5.37. The van der Waals surface area contributed by atoms with Crippen LogP contribution in [-0.4, -0.2) is 33.5 Å². The highest BCUT2D eigenvalue weighted by atomic mass is 32.2. The fraction of sp³-hybridized carbons (Fsp3) is 0.0870. The third-order valence-electron chi connectivity index (χ3n) is 4.44. The number of hydrogen-bond donors (Lipinski definition) is 1. The van der Waals surface area contributed by atoms with Gasteiger partial charge in [-0.05, 0) is 54.6 Å². The lowest BCUT2D eigenvalue weighted by molar-refractivity contribution is -0.113. The molecule has 8 heteroatoms. The number of thioether (sulfide) groups is 1. The Kier molecular flexibility index (Phi) is 6.28. The van der Waals surface area contributed by atoms with Crippen molar-refractivity contribution in [2.75, 3.05) is 18.2 Å². The van der Waals surface area contributed by atoms with Gasteiger partial charge in [-0.1, -0.05) is 36.0 Å². The maximum Gasteiger partial charge on any atom is 0.234 e. The van der Waals surface area contributed by atoms with E-state index >= 15 is 0 Å². The number of anilines is 1. The molecule has 6 nitrogen and oxygen atoms in total. The number of carbonyl (C=O) groups is 1. The fourth-order valence-electron chi connectivity index (χ4n) is 2.99. The van der Waals surface area contributed by atoms with Gasteiger partial charge in [-0.2, -0.15) is 0 Å². The number of methoxy groups -OCH3 is 1. The molecule has 1 heterocycles. The molecule has 0 saturated carbocycles. The van der Waals surface area contributed by atoms with Crippen molar-refractivity contribution in [3.63, 3.8) is 0 Å². The Balaban J connectivity index is 1.58. The lowest BCUT2D eigenvalue weighted by Gasteiger charge is -2.11. The van der Waals surface area contributed by atoms with Crippen LogP contribution in [0.1, 0.15) is 0 Å². The number of halogens is 1. The normalized spacial score (nSPS) is 10.6. The molecule has 0 radical (unpaired) electrons. The molecule has 1 amide bonds. The van der Waals surface area contributed by atoms with Crippen molar-refractivity contribution in [1.29, 1.82) is 0 Å². The molecule has 1 N–H and O–H groups in total. The Bertz CT molecular complexity index is 1180. The Morgan fingerprint density at radius 3 is 2.52 bits per heavy atom. The SMILES string of the molecule is COc1ccc(-c2nnc(SCC(=O)Nc3cccc(F)c3)n2-c2ccccc2)cc1. The molecule has 31 heavy (non-hydrogen) atoms. The minimum atomic E-state index is -0.404. The second-order valence-electron chi connectivity index (χ2n) is 6.55. The van der Waals surface area contributed by atoms with E-state index in [4.69, 9.17) is 4.74 Å². The van der Waals surface area contributed by atoms with Crippen molar-refractivity contribution in [2.24, 2.45) is 0 Å². The van der Waals surface area contributed by atoms with Crippen molar-refractivity contribution < 1.29 is 13.9 Å². The van der Waals surface area contributed by atoms with E-state index in [1.165, 1.54) is 23.9 Å². The van der Waals surface area contributed by atoms with Gasteiger partial charge in [0, 0.05) is 16.9 Å². The van der Waals surface area contributed by atoms with Gasteiger partial charge in [0.25, 0.3) is 0 Å². The molecule has 0 unspecified atom stereocenters. The van der Waals surface area contributed by atoms with Crippen LogP contribution in [0.2, 0.25) is 0 Å². The summed E-state index contributed by atoms with van der Waals surface area (Å²) in [5, 5.41) is 11.9. The van der Waals surface area contributed by atoms with Gasteiger partial charge >= 0.3 is 0 Å². The number of nitrogens with zero attached hydrogens (tertiary/aromatic N) is 3. The molecule has 0 saturated heterocycles. The zero-order chi connectivity index (χ0) is 21.6. The van der Waals surface area contributed by atoms with Crippen LogP contribution in [0.4, 0.5) is 10.1 Å². The fourth-order valence-corrected chi connectivity index (χ4v) is 3.75. The summed E-state index contributed by atoms with van der Waals surface area (Å²) in [4.78, 5) is 12.4. The zero-order valence-corrected chi connectivity index (χ0v) is 17.5. The van der Waals surface area contributed by atoms with Gasteiger partial charge in [-0.3, -0.25) is 9.36 Å². The zero-order valence-electron chi connectivity index (χ0n) is 16.7. The summed E-state index contributed by atoms with van der Waals surface area (Å²) in [5.74, 6) is 0.840. The summed E-state index contributed by atoms with van der Waals surface area (Å²) in [6.07, 6.45) is 0. The molecule has 1 aromatic heterocycles. The molecule has 4 rings (SSSR count). The molecule has 0 spiro atoms. The second-order valence-corrected chi connectivity index (χ2v) is 7.50. The van der Waals surface area contributed by atoms with Gasteiger partial charge in [0.2, 0.25) is 5.91 Å². The standard InChI is InChI=1S/C23H19FN4O2S/c1-30-20-12-10-16(11-13-20)22-26-27-23(28(22)19-8-3-2-4-9-19)31-15-21(29)25-18-7-5-6-17(24)14-18/h2-14H,15H2,1H3,(H,25,29). The van der Waals surface area contributed by atoms with Gasteiger partial charge in [0.1, 0.15) is 11.6 Å². The Hall–Kier alpha value is -3.65. The number of hydrogen-bond acceptors (Lipinski definition) is 5. The number of carbonyl (C=O) groups excluding carboxylic acids is 1. The first-order valence-corrected chi connectivity index (χ1v) is 10.5. The highest BCUT2D eigenvalue weighted by Crippen LogP contribution is 2.29. The first kappa shape index (κ1) is 20.6. The third kappa shape index (κ3) is 4.92. The van der Waals surface area contributed by atoms with Crippen LogP contribution in [-0.2, 0) is 4.79 Å². The first-order chi connectivity index (χ1) is 15.1. The van der Waals surface area contributed by atoms with Crippen molar-refractivity contribution in [3.8, 4) is 22.8 Å². The summed E-state index contributed by atoms with van der Waals surface area (Å²) < 4.78 is 20.5. The maximum atomic E-state index is 13.3. The molecule has 0 aliphatic rings. The van der Waals surface area contributed by atoms with Gasteiger partial charge in [0.05, 0.1) is 12.9 Å². The van der Waals surface area contributed by atoms with Gasteiger partial charge in [-0.25, -0.2) is 4.39 Å². The van der Waals surface area contributed by atoms with Crippen LogP contribution in [0.15, 0.2) is 84.0 Å². The molecule has 3 aromatic carbocycles. The van der Waals surface area contributed by atoms with E-state index in [-0.39, 0.29) is 11.7 Å². The highest BCUT2D eigenvalue weighted by molar-refractivity contribution is 7.99. The number of benzene rings is 3.